The molecule has 11 N–H and O–H groups in total. The Hall–Kier alpha value is -0.480. The number of ether oxygens (including phenoxy) is 4. The van der Waals surface area contributed by atoms with Crippen molar-refractivity contribution >= 4 is 61.1 Å². The molecule has 3 fully saturated rings. The van der Waals surface area contributed by atoms with Crippen molar-refractivity contribution in [1.82, 2.24) is 5.32 Å². The molecule has 0 spiro atoms. The number of carboxylic acids is 1. The fourth-order valence-electron chi connectivity index (χ4n) is 6.55. The Bertz CT molecular complexity index is 1670. The van der Waals surface area contributed by atoms with Gasteiger partial charge < -0.3 is 90.2 Å². The number of aliphatic carboxylic acids is 1. The van der Waals surface area contributed by atoms with Gasteiger partial charge in [-0.2, -0.15) is 0 Å². The van der Waals surface area contributed by atoms with Crippen LogP contribution in [0.2, 0.25) is 0 Å². The molecule has 3 aliphatic rings. The third-order valence-electron chi connectivity index (χ3n) is 9.66. The van der Waals surface area contributed by atoms with Gasteiger partial charge in [-0.25, -0.2) is 8.42 Å². The molecule has 3 aliphatic heterocycles. The van der Waals surface area contributed by atoms with E-state index in [0.29, 0.717) is 23.0 Å². The average Bonchev–Trinajstić information content (AvgIpc) is 3.71. The third kappa shape index (κ3) is 17.3. The summed E-state index contributed by atoms with van der Waals surface area (Å²) >= 11 is 0. The summed E-state index contributed by atoms with van der Waals surface area (Å²) in [5, 5.41) is 104. The second-order valence-corrected chi connectivity index (χ2v) is 18.1. The van der Waals surface area contributed by atoms with Crippen molar-refractivity contribution < 1.29 is 156 Å². The van der Waals surface area contributed by atoms with E-state index in [4.69, 9.17) is 18.9 Å². The number of carbonyl (C=O) groups excluding carboxylic acids is 3. The van der Waals surface area contributed by atoms with Crippen LogP contribution in [-0.4, -0.2) is 188 Å². The summed E-state index contributed by atoms with van der Waals surface area (Å²) in [4.78, 5) is 36.3. The van der Waals surface area contributed by atoms with E-state index < -0.39 is 121 Å². The molecular weight excluding hydrogens is 913 g/mol. The van der Waals surface area contributed by atoms with E-state index in [0.717, 1.165) is 31.9 Å². The molecule has 0 bridgehead atoms. The Morgan fingerprint density at radius 3 is 2.24 bits per heavy atom. The first-order valence-electron chi connectivity index (χ1n) is 18.8. The van der Waals surface area contributed by atoms with E-state index in [1.165, 1.54) is 6.42 Å². The number of hydrogen-bond donors (Lipinski definition) is 11. The molecule has 0 aliphatic carbocycles. The number of hydrogen-bond acceptors (Lipinski definition) is 23. The Balaban J connectivity index is 0.00000661. The van der Waals surface area contributed by atoms with Crippen LogP contribution in [-0.2, 0) is 47.9 Å². The number of nitrogens with one attached hydrogen (secondary N) is 3. The van der Waals surface area contributed by atoms with Crippen LogP contribution in [0.3, 0.4) is 0 Å². The van der Waals surface area contributed by atoms with Crippen molar-refractivity contribution in [1.29, 1.82) is 0 Å². The molecule has 23 nitrogen and oxygen atoms in total. The molecule has 1 aromatic carbocycles. The first kappa shape index (κ1) is 57.6. The van der Waals surface area contributed by atoms with Crippen molar-refractivity contribution in [3.8, 4) is 0 Å². The molecule has 2 amide bonds. The molecule has 1 unspecified atom stereocenters. The molecule has 1 aromatic rings. The molecule has 0 saturated carbocycles. The molecule has 62 heavy (non-hydrogen) atoms. The molecule has 0 aromatic heterocycles. The van der Waals surface area contributed by atoms with Crippen molar-refractivity contribution in [3.63, 3.8) is 0 Å². The van der Waals surface area contributed by atoms with E-state index in [9.17, 15) is 73.3 Å². The largest absolute Gasteiger partial charge is 1.00 e. The minimum absolute atomic E-state index is 0. The second kappa shape index (κ2) is 27.4. The second-order valence-electron chi connectivity index (χ2n) is 14.3. The van der Waals surface area contributed by atoms with E-state index >= 15 is 0 Å². The van der Waals surface area contributed by atoms with Crippen LogP contribution in [0.15, 0.2) is 24.3 Å². The van der Waals surface area contributed by atoms with Gasteiger partial charge in [-0.1, -0.05) is 34.1 Å². The fraction of sp³-hybridized carbons (Fsp3) is 0.735. The van der Waals surface area contributed by atoms with Crippen LogP contribution in [0.25, 0.3) is 0 Å². The maximum absolute atomic E-state index is 12.5. The number of amides is 2. The Morgan fingerprint density at radius 2 is 1.63 bits per heavy atom. The first-order valence-corrected chi connectivity index (χ1v) is 22.5. The van der Waals surface area contributed by atoms with Gasteiger partial charge in [0.1, 0.15) is 67.1 Å². The van der Waals surface area contributed by atoms with Gasteiger partial charge in [0.2, 0.25) is 22.2 Å². The zero-order valence-corrected chi connectivity index (χ0v) is 40.5. The van der Waals surface area contributed by atoms with Crippen LogP contribution < -0.4 is 80.2 Å². The molecule has 15 atom stereocenters. The molecule has 342 valence electrons. The minimum Gasteiger partial charge on any atom is -0.726 e. The number of aliphatic hydroxyl groups excluding tert-OH is 8. The normalized spacial score (nSPS) is 30.7. The number of rotatable bonds is 22. The van der Waals surface area contributed by atoms with Crippen LogP contribution in [0.1, 0.15) is 39.0 Å². The van der Waals surface area contributed by atoms with Gasteiger partial charge in [0, 0.05) is 42.3 Å². The van der Waals surface area contributed by atoms with E-state index in [1.807, 2.05) is 21.6 Å². The van der Waals surface area contributed by atoms with E-state index in [2.05, 4.69) is 20.1 Å². The monoisotopic (exact) mass is 963 g/mol. The Kier molecular flexibility index (Phi) is 25.4. The molecule has 4 rings (SSSR count). The van der Waals surface area contributed by atoms with E-state index in [1.54, 1.807) is 24.3 Å². The van der Waals surface area contributed by atoms with Gasteiger partial charge in [0.15, 0.2) is 12.6 Å². The smallest absolute Gasteiger partial charge is 0.726 e. The van der Waals surface area contributed by atoms with Crippen molar-refractivity contribution in [3.05, 3.63) is 24.3 Å². The fourth-order valence-corrected chi connectivity index (χ4v) is 10.1. The number of carboxylic acid groups (broad SMARTS) is 1. The third-order valence-corrected chi connectivity index (χ3v) is 13.1. The van der Waals surface area contributed by atoms with Crippen LogP contribution in [0, 0.1) is 0 Å². The summed E-state index contributed by atoms with van der Waals surface area (Å²) in [5.41, 5.74) is 0.906. The zero-order valence-electron chi connectivity index (χ0n) is 34.0. The van der Waals surface area contributed by atoms with E-state index in [-0.39, 0.29) is 71.6 Å². The molecule has 28 heteroatoms. The number of carbonyl (C=O) groups is 3. The summed E-state index contributed by atoms with van der Waals surface area (Å²) in [6.45, 7) is -1.55. The average molecular weight is 964 g/mol. The quantitative estimate of drug-likeness (QED) is 0.0169. The predicted molar refractivity (Wildman–Crippen MR) is 205 cm³/mol. The number of unbranched alkanes of at least 4 members (excludes halogenated alkanes) is 1. The maximum Gasteiger partial charge on any atom is 1.00 e. The zero-order chi connectivity index (χ0) is 44.3. The molecular formula is C34H51N3Na2O20S3. The minimum atomic E-state index is -5.68. The van der Waals surface area contributed by atoms with Crippen molar-refractivity contribution in [2.75, 3.05) is 36.1 Å². The van der Waals surface area contributed by atoms with Crippen molar-refractivity contribution in [2.24, 2.45) is 0 Å². The summed E-state index contributed by atoms with van der Waals surface area (Å²) in [7, 11) is -1.92. The standard InChI is InChI=1S/C34H53N3O20S3.2Na/c1-15(39)36-23-30(55-34-28(47)26(45)27(46)31(56-34)32(48)49)29(57-60(50,51)52)21(13-38)54-33(23)53-14-20(41)25(44)24(43)19(40)12-35-16-5-4-6-17(11-16)37-22(42)8-3-2-7-18-9-10-58-59-18;;/h4-6,11,18-21,23-31,33-35,38,40-41,43-47H,2-3,7-10,12-14H2,1H3,(H,36,39)(H,37,42)(H,48,49)(H,50,51,52);;/q;2*+1/p-2/t18?,19-,20+,21+,23+,24+,25+,26-,27-,28+,29-,30+,31-,33-,34+;;/m0../s1. The predicted octanol–water partition coefficient (Wildman–Crippen LogP) is -10.8. The summed E-state index contributed by atoms with van der Waals surface area (Å²) in [6.07, 6.45) is -23.1. The van der Waals surface area contributed by atoms with Crippen LogP contribution >= 0.6 is 21.6 Å². The molecule has 0 radical (unpaired) electrons. The van der Waals surface area contributed by atoms with Gasteiger partial charge in [-0.15, -0.1) is 0 Å². The molecule has 3 saturated heterocycles. The number of benzene rings is 1. The summed E-state index contributed by atoms with van der Waals surface area (Å²) < 4.78 is 61.3. The summed E-state index contributed by atoms with van der Waals surface area (Å²) in [5.74, 6) is -2.00. The Labute approximate surface area is 409 Å². The number of anilines is 2. The SMILES string of the molecule is CC(=O)N[C@H]1[C@@H](OC[C@@H](O)[C@@H](O)[C@H](O)[C@@H](O)CNc2cccc(NC(=O)CCCCC3CCSS3)c2)O[C@H](CO)[C@H](OS(=O)(=O)[O-])[C@@H]1O[C@@H]1O[C@H](C(=O)[O-])[C@@H](O)[C@H](O)[C@H]1O.[Na+].[Na+]. The molecule has 3 heterocycles. The van der Waals surface area contributed by atoms with Gasteiger partial charge in [-0.05, 0) is 37.5 Å². The first-order chi connectivity index (χ1) is 28.3. The van der Waals surface area contributed by atoms with Crippen LogP contribution in [0.4, 0.5) is 11.4 Å². The Morgan fingerprint density at radius 1 is 0.952 bits per heavy atom. The number of aliphatic hydroxyl groups is 8. The van der Waals surface area contributed by atoms with Crippen molar-refractivity contribution in [2.45, 2.75) is 130 Å². The topological polar surface area (TPSA) is 376 Å². The van der Waals surface area contributed by atoms with Gasteiger partial charge in [-0.3, -0.25) is 13.8 Å². The maximum atomic E-state index is 12.5. The van der Waals surface area contributed by atoms with Crippen LogP contribution in [0.5, 0.6) is 0 Å². The van der Waals surface area contributed by atoms with Gasteiger partial charge in [0.05, 0.1) is 25.3 Å². The summed E-state index contributed by atoms with van der Waals surface area (Å²) in [6, 6.07) is 4.67. The van der Waals surface area contributed by atoms with Gasteiger partial charge >= 0.3 is 59.1 Å². The van der Waals surface area contributed by atoms with Gasteiger partial charge in [0.25, 0.3) is 0 Å².